The molecule has 0 saturated carbocycles. The minimum Gasteiger partial charge on any atom is -0.459 e. The number of carbonyl (C=O) groups is 2. The third kappa shape index (κ3) is 4.43. The van der Waals surface area contributed by atoms with Gasteiger partial charge in [-0.1, -0.05) is 17.7 Å². The highest BCUT2D eigenvalue weighted by Gasteiger charge is 2.09. The summed E-state index contributed by atoms with van der Waals surface area (Å²) in [6, 6.07) is 16.7. The lowest BCUT2D eigenvalue weighted by molar-refractivity contribution is 0.0948. The minimum atomic E-state index is -0.687. The number of rotatable bonds is 5. The molecule has 0 fully saturated rings. The van der Waals surface area contributed by atoms with Crippen molar-refractivity contribution in [2.45, 2.75) is 6.54 Å². The fourth-order valence-electron chi connectivity index (χ4n) is 2.39. The maximum Gasteiger partial charge on any atom is 0.316 e. The molecule has 0 radical (unpaired) electrons. The second kappa shape index (κ2) is 7.76. The van der Waals surface area contributed by atoms with E-state index < -0.39 is 6.03 Å². The van der Waals surface area contributed by atoms with Crippen LogP contribution < -0.4 is 16.4 Å². The summed E-state index contributed by atoms with van der Waals surface area (Å²) in [7, 11) is 0. The summed E-state index contributed by atoms with van der Waals surface area (Å²) in [5, 5.41) is 5.86. The molecule has 0 saturated heterocycles. The van der Waals surface area contributed by atoms with E-state index in [1.807, 2.05) is 18.2 Å². The zero-order valence-electron chi connectivity index (χ0n) is 13.7. The lowest BCUT2D eigenvalue weighted by atomic mass is 10.2. The first-order chi connectivity index (χ1) is 12.5. The number of nitrogens with one attached hydrogen (secondary N) is 2. The SMILES string of the molecule is NC(=O)Nc1cccc(C(=O)NCc2ccc(-c3ccc(Cl)cc3)o2)c1. The van der Waals surface area contributed by atoms with Crippen molar-refractivity contribution in [2.24, 2.45) is 5.73 Å². The van der Waals surface area contributed by atoms with E-state index in [2.05, 4.69) is 10.6 Å². The van der Waals surface area contributed by atoms with Crippen molar-refractivity contribution in [3.63, 3.8) is 0 Å². The van der Waals surface area contributed by atoms with Crippen LogP contribution in [0.2, 0.25) is 5.02 Å². The largest absolute Gasteiger partial charge is 0.459 e. The van der Waals surface area contributed by atoms with Gasteiger partial charge in [0.2, 0.25) is 0 Å². The summed E-state index contributed by atoms with van der Waals surface area (Å²) >= 11 is 5.88. The lowest BCUT2D eigenvalue weighted by Gasteiger charge is -2.06. The molecule has 6 nitrogen and oxygen atoms in total. The molecule has 0 aliphatic rings. The van der Waals surface area contributed by atoms with Crippen molar-refractivity contribution in [3.05, 3.63) is 77.0 Å². The first-order valence-electron chi connectivity index (χ1n) is 7.80. The average molecular weight is 370 g/mol. The van der Waals surface area contributed by atoms with Gasteiger partial charge in [-0.15, -0.1) is 0 Å². The molecule has 1 aromatic heterocycles. The number of primary amides is 1. The number of amides is 3. The molecule has 0 atom stereocenters. The van der Waals surface area contributed by atoms with Crippen LogP contribution in [0.3, 0.4) is 0 Å². The zero-order valence-corrected chi connectivity index (χ0v) is 14.4. The van der Waals surface area contributed by atoms with Crippen LogP contribution in [0.25, 0.3) is 11.3 Å². The molecule has 0 bridgehead atoms. The maximum atomic E-state index is 12.3. The monoisotopic (exact) mass is 369 g/mol. The smallest absolute Gasteiger partial charge is 0.316 e. The summed E-state index contributed by atoms with van der Waals surface area (Å²) in [5.74, 6) is 1.02. The van der Waals surface area contributed by atoms with Gasteiger partial charge in [-0.05, 0) is 54.6 Å². The molecule has 0 aliphatic heterocycles. The van der Waals surface area contributed by atoms with Crippen LogP contribution in [-0.4, -0.2) is 11.9 Å². The van der Waals surface area contributed by atoms with Crippen LogP contribution in [0, 0.1) is 0 Å². The van der Waals surface area contributed by atoms with E-state index in [-0.39, 0.29) is 12.5 Å². The van der Waals surface area contributed by atoms with Crippen LogP contribution in [0.4, 0.5) is 10.5 Å². The van der Waals surface area contributed by atoms with Gasteiger partial charge in [0.15, 0.2) is 0 Å². The Morgan fingerprint density at radius 1 is 1.04 bits per heavy atom. The Bertz CT molecular complexity index is 935. The van der Waals surface area contributed by atoms with Crippen LogP contribution in [-0.2, 0) is 6.54 Å². The molecule has 4 N–H and O–H groups in total. The third-order valence-corrected chi connectivity index (χ3v) is 3.86. The van der Waals surface area contributed by atoms with Gasteiger partial charge < -0.3 is 20.8 Å². The highest BCUT2D eigenvalue weighted by molar-refractivity contribution is 6.30. The molecule has 26 heavy (non-hydrogen) atoms. The number of carbonyl (C=O) groups excluding carboxylic acids is 2. The summed E-state index contributed by atoms with van der Waals surface area (Å²) < 4.78 is 5.74. The van der Waals surface area contributed by atoms with E-state index in [9.17, 15) is 9.59 Å². The van der Waals surface area contributed by atoms with Crippen molar-refractivity contribution < 1.29 is 14.0 Å². The second-order valence-electron chi connectivity index (χ2n) is 5.53. The van der Waals surface area contributed by atoms with Gasteiger partial charge >= 0.3 is 6.03 Å². The summed E-state index contributed by atoms with van der Waals surface area (Å²) in [6.07, 6.45) is 0. The van der Waals surface area contributed by atoms with Gasteiger partial charge in [-0.25, -0.2) is 4.79 Å². The fourth-order valence-corrected chi connectivity index (χ4v) is 2.52. The quantitative estimate of drug-likeness (QED) is 0.633. The Balaban J connectivity index is 1.63. The summed E-state index contributed by atoms with van der Waals surface area (Å²) in [5.41, 5.74) is 6.83. The van der Waals surface area contributed by atoms with Crippen LogP contribution in [0.1, 0.15) is 16.1 Å². The molecule has 3 aromatic rings. The van der Waals surface area contributed by atoms with Gasteiger partial charge in [-0.2, -0.15) is 0 Å². The summed E-state index contributed by atoms with van der Waals surface area (Å²) in [6.45, 7) is 0.236. The van der Waals surface area contributed by atoms with E-state index in [0.717, 1.165) is 5.56 Å². The van der Waals surface area contributed by atoms with Crippen molar-refractivity contribution >= 4 is 29.2 Å². The number of nitrogens with two attached hydrogens (primary N) is 1. The number of halogens is 1. The van der Waals surface area contributed by atoms with Crippen LogP contribution >= 0.6 is 11.6 Å². The average Bonchev–Trinajstić information content (AvgIpc) is 3.09. The zero-order chi connectivity index (χ0) is 18.5. The number of benzene rings is 2. The second-order valence-corrected chi connectivity index (χ2v) is 5.96. The number of hydrogen-bond acceptors (Lipinski definition) is 3. The highest BCUT2D eigenvalue weighted by atomic mass is 35.5. The molecular weight excluding hydrogens is 354 g/mol. The lowest BCUT2D eigenvalue weighted by Crippen LogP contribution is -2.23. The Morgan fingerprint density at radius 3 is 2.54 bits per heavy atom. The van der Waals surface area contributed by atoms with Crippen molar-refractivity contribution in [1.82, 2.24) is 5.32 Å². The topological polar surface area (TPSA) is 97.4 Å². The van der Waals surface area contributed by atoms with Crippen molar-refractivity contribution in [1.29, 1.82) is 0 Å². The Hall–Kier alpha value is -3.25. The van der Waals surface area contributed by atoms with Crippen LogP contribution in [0.5, 0.6) is 0 Å². The van der Waals surface area contributed by atoms with E-state index in [4.69, 9.17) is 21.8 Å². The van der Waals surface area contributed by atoms with Gasteiger partial charge in [0.05, 0.1) is 6.54 Å². The standard InChI is InChI=1S/C19H16ClN3O3/c20-14-6-4-12(5-7-14)17-9-8-16(26-17)11-22-18(24)13-2-1-3-15(10-13)23-19(21)25/h1-10H,11H2,(H,22,24)(H3,21,23,25). The summed E-state index contributed by atoms with van der Waals surface area (Å²) in [4.78, 5) is 23.1. The van der Waals surface area contributed by atoms with Gasteiger partial charge in [0, 0.05) is 21.8 Å². The molecule has 0 unspecified atom stereocenters. The normalized spacial score (nSPS) is 10.3. The minimum absolute atomic E-state index is 0.236. The number of hydrogen-bond donors (Lipinski definition) is 3. The fraction of sp³-hybridized carbons (Fsp3) is 0.0526. The highest BCUT2D eigenvalue weighted by Crippen LogP contribution is 2.23. The Morgan fingerprint density at radius 2 is 1.81 bits per heavy atom. The van der Waals surface area contributed by atoms with Gasteiger partial charge in [-0.3, -0.25) is 4.79 Å². The van der Waals surface area contributed by atoms with Gasteiger partial charge in [0.1, 0.15) is 11.5 Å². The van der Waals surface area contributed by atoms with E-state index in [0.29, 0.717) is 27.8 Å². The molecule has 132 valence electrons. The first-order valence-corrected chi connectivity index (χ1v) is 8.18. The van der Waals surface area contributed by atoms with Crippen LogP contribution in [0.15, 0.2) is 65.1 Å². The van der Waals surface area contributed by atoms with Crippen molar-refractivity contribution in [3.8, 4) is 11.3 Å². The Labute approximate surface area is 155 Å². The predicted molar refractivity (Wildman–Crippen MR) is 100.0 cm³/mol. The van der Waals surface area contributed by atoms with E-state index in [1.165, 1.54) is 0 Å². The van der Waals surface area contributed by atoms with Crippen molar-refractivity contribution in [2.75, 3.05) is 5.32 Å². The molecule has 7 heteroatoms. The number of urea groups is 1. The molecule has 3 rings (SSSR count). The number of anilines is 1. The molecule has 3 amide bonds. The first kappa shape index (κ1) is 17.6. The predicted octanol–water partition coefficient (Wildman–Crippen LogP) is 4.02. The Kier molecular flexibility index (Phi) is 5.24. The molecule has 1 heterocycles. The molecule has 0 spiro atoms. The molecule has 0 aliphatic carbocycles. The van der Waals surface area contributed by atoms with E-state index in [1.54, 1.807) is 42.5 Å². The van der Waals surface area contributed by atoms with Gasteiger partial charge in [0.25, 0.3) is 5.91 Å². The molecular formula is C19H16ClN3O3. The number of furan rings is 1. The maximum absolute atomic E-state index is 12.3. The van der Waals surface area contributed by atoms with E-state index >= 15 is 0 Å². The molecule has 2 aromatic carbocycles. The third-order valence-electron chi connectivity index (χ3n) is 3.61.